The van der Waals surface area contributed by atoms with Gasteiger partial charge in [0.2, 0.25) is 0 Å². The van der Waals surface area contributed by atoms with Crippen molar-refractivity contribution in [3.63, 3.8) is 0 Å². The molecule has 2 saturated carbocycles. The summed E-state index contributed by atoms with van der Waals surface area (Å²) in [5, 5.41) is 12.9. The number of nitrogens with one attached hydrogen (secondary N) is 1. The van der Waals surface area contributed by atoms with Crippen LogP contribution in [0, 0.1) is 11.8 Å². The Morgan fingerprint density at radius 2 is 1.93 bits per heavy atom. The van der Waals surface area contributed by atoms with E-state index in [1.165, 1.54) is 32.1 Å². The first-order chi connectivity index (χ1) is 7.28. The molecule has 0 saturated heterocycles. The second-order valence-electron chi connectivity index (χ2n) is 5.54. The van der Waals surface area contributed by atoms with Crippen LogP contribution in [0.3, 0.4) is 0 Å². The average Bonchev–Trinajstić information content (AvgIpc) is 2.23. The first kappa shape index (κ1) is 11.4. The van der Waals surface area contributed by atoms with E-state index < -0.39 is 0 Å². The van der Waals surface area contributed by atoms with Gasteiger partial charge >= 0.3 is 0 Å². The van der Waals surface area contributed by atoms with Gasteiger partial charge in [0.25, 0.3) is 0 Å². The van der Waals surface area contributed by atoms with Crippen LogP contribution < -0.4 is 5.32 Å². The van der Waals surface area contributed by atoms with Crippen molar-refractivity contribution in [3.8, 4) is 0 Å². The van der Waals surface area contributed by atoms with Crippen LogP contribution in [-0.2, 0) is 0 Å². The number of aliphatic hydroxyl groups excluding tert-OH is 1. The molecule has 0 amide bonds. The predicted octanol–water partition coefficient (Wildman–Crippen LogP) is 2.32. The van der Waals surface area contributed by atoms with Gasteiger partial charge in [0, 0.05) is 6.04 Å². The van der Waals surface area contributed by atoms with Crippen LogP contribution in [0.1, 0.15) is 51.9 Å². The van der Waals surface area contributed by atoms with Crippen molar-refractivity contribution in [1.29, 1.82) is 0 Å². The lowest BCUT2D eigenvalue weighted by molar-refractivity contribution is 0.0407. The van der Waals surface area contributed by atoms with Crippen molar-refractivity contribution in [3.05, 3.63) is 0 Å². The molecule has 2 rings (SSSR count). The Morgan fingerprint density at radius 1 is 1.13 bits per heavy atom. The number of hydrogen-bond acceptors (Lipinski definition) is 2. The van der Waals surface area contributed by atoms with Crippen molar-refractivity contribution in [1.82, 2.24) is 5.32 Å². The molecule has 2 aliphatic carbocycles. The molecule has 0 heterocycles. The molecule has 2 unspecified atom stereocenters. The summed E-state index contributed by atoms with van der Waals surface area (Å²) < 4.78 is 0. The Labute approximate surface area is 93.5 Å². The lowest BCUT2D eigenvalue weighted by atomic mass is 9.81. The van der Waals surface area contributed by atoms with E-state index in [1.807, 2.05) is 0 Å². The first-order valence-corrected chi connectivity index (χ1v) is 6.69. The zero-order valence-corrected chi connectivity index (χ0v) is 9.91. The van der Waals surface area contributed by atoms with Gasteiger partial charge in [0.1, 0.15) is 0 Å². The molecule has 15 heavy (non-hydrogen) atoms. The Kier molecular flexibility index (Phi) is 4.04. The highest BCUT2D eigenvalue weighted by Crippen LogP contribution is 2.29. The molecule has 0 radical (unpaired) electrons. The Balaban J connectivity index is 1.62. The predicted molar refractivity (Wildman–Crippen MR) is 62.8 cm³/mol. The smallest absolute Gasteiger partial charge is 0.0546 e. The van der Waals surface area contributed by atoms with Crippen molar-refractivity contribution >= 4 is 0 Å². The lowest BCUT2D eigenvalue weighted by Crippen LogP contribution is -2.41. The van der Waals surface area contributed by atoms with Gasteiger partial charge in [-0.3, -0.25) is 0 Å². The summed E-state index contributed by atoms with van der Waals surface area (Å²) >= 11 is 0. The quantitative estimate of drug-likeness (QED) is 0.748. The maximum Gasteiger partial charge on any atom is 0.0546 e. The number of hydrogen-bond donors (Lipinski definition) is 2. The minimum absolute atomic E-state index is 0.00606. The zero-order valence-electron chi connectivity index (χ0n) is 9.91. The number of aliphatic hydroxyl groups is 1. The molecule has 0 aromatic carbocycles. The standard InChI is InChI=1S/C13H25NO/c1-2-10-4-3-5-12(6-10)14-9-11-7-13(15)8-11/h10-15H,2-9H2,1H3. The Hall–Kier alpha value is -0.0800. The van der Waals surface area contributed by atoms with E-state index in [2.05, 4.69) is 12.2 Å². The molecular weight excluding hydrogens is 186 g/mol. The summed E-state index contributed by atoms with van der Waals surface area (Å²) in [6, 6.07) is 0.765. The lowest BCUT2D eigenvalue weighted by Gasteiger charge is -2.35. The van der Waals surface area contributed by atoms with Crippen LogP contribution in [0.5, 0.6) is 0 Å². The second kappa shape index (κ2) is 5.31. The van der Waals surface area contributed by atoms with Gasteiger partial charge in [-0.2, -0.15) is 0 Å². The van der Waals surface area contributed by atoms with Gasteiger partial charge in [-0.05, 0) is 44.1 Å². The molecule has 2 heteroatoms. The number of rotatable bonds is 4. The average molecular weight is 211 g/mol. The fourth-order valence-electron chi connectivity index (χ4n) is 3.05. The van der Waals surface area contributed by atoms with Crippen LogP contribution in [-0.4, -0.2) is 23.8 Å². The fourth-order valence-corrected chi connectivity index (χ4v) is 3.05. The van der Waals surface area contributed by atoms with Gasteiger partial charge in [0.15, 0.2) is 0 Å². The van der Waals surface area contributed by atoms with Crippen LogP contribution in [0.2, 0.25) is 0 Å². The molecule has 0 aromatic rings. The van der Waals surface area contributed by atoms with Crippen molar-refractivity contribution in [2.75, 3.05) is 6.54 Å². The first-order valence-electron chi connectivity index (χ1n) is 6.69. The monoisotopic (exact) mass is 211 g/mol. The summed E-state index contributed by atoms with van der Waals surface area (Å²) in [6.07, 6.45) is 9.00. The van der Waals surface area contributed by atoms with Crippen LogP contribution in [0.15, 0.2) is 0 Å². The van der Waals surface area contributed by atoms with E-state index in [9.17, 15) is 5.11 Å². The molecular formula is C13H25NO. The highest BCUT2D eigenvalue weighted by molar-refractivity contribution is 4.83. The summed E-state index contributed by atoms with van der Waals surface area (Å²) in [7, 11) is 0. The van der Waals surface area contributed by atoms with E-state index in [0.29, 0.717) is 0 Å². The third-order valence-electron chi connectivity index (χ3n) is 4.27. The van der Waals surface area contributed by atoms with E-state index in [4.69, 9.17) is 0 Å². The van der Waals surface area contributed by atoms with Gasteiger partial charge in [-0.25, -0.2) is 0 Å². The molecule has 2 atom stereocenters. The maximum absolute atomic E-state index is 9.21. The van der Waals surface area contributed by atoms with E-state index >= 15 is 0 Å². The van der Waals surface area contributed by atoms with Crippen LogP contribution in [0.4, 0.5) is 0 Å². The summed E-state index contributed by atoms with van der Waals surface area (Å²) in [4.78, 5) is 0. The summed E-state index contributed by atoms with van der Waals surface area (Å²) in [6.45, 7) is 3.45. The van der Waals surface area contributed by atoms with E-state index in [-0.39, 0.29) is 6.10 Å². The van der Waals surface area contributed by atoms with Crippen LogP contribution >= 0.6 is 0 Å². The van der Waals surface area contributed by atoms with Gasteiger partial charge < -0.3 is 10.4 Å². The minimum Gasteiger partial charge on any atom is -0.393 e. The third kappa shape index (κ3) is 3.18. The molecule has 0 spiro atoms. The Morgan fingerprint density at radius 3 is 2.60 bits per heavy atom. The normalized spacial score (nSPS) is 41.2. The SMILES string of the molecule is CCC1CCCC(NCC2CC(O)C2)C1. The van der Waals surface area contributed by atoms with Gasteiger partial charge in [0.05, 0.1) is 6.10 Å². The second-order valence-corrected chi connectivity index (χ2v) is 5.54. The summed E-state index contributed by atoms with van der Waals surface area (Å²) in [5.41, 5.74) is 0. The maximum atomic E-state index is 9.21. The molecule has 2 N–H and O–H groups in total. The van der Waals surface area contributed by atoms with Crippen molar-refractivity contribution in [2.45, 2.75) is 64.0 Å². The van der Waals surface area contributed by atoms with Gasteiger partial charge in [-0.1, -0.05) is 26.2 Å². The molecule has 88 valence electrons. The van der Waals surface area contributed by atoms with Crippen molar-refractivity contribution < 1.29 is 5.11 Å². The summed E-state index contributed by atoms with van der Waals surface area (Å²) in [5.74, 6) is 1.71. The zero-order chi connectivity index (χ0) is 10.7. The molecule has 0 aliphatic heterocycles. The molecule has 2 nitrogen and oxygen atoms in total. The fraction of sp³-hybridized carbons (Fsp3) is 1.00. The van der Waals surface area contributed by atoms with E-state index in [0.717, 1.165) is 37.3 Å². The minimum atomic E-state index is 0.00606. The highest BCUT2D eigenvalue weighted by atomic mass is 16.3. The molecule has 2 aliphatic rings. The van der Waals surface area contributed by atoms with Crippen LogP contribution in [0.25, 0.3) is 0 Å². The highest BCUT2D eigenvalue weighted by Gasteiger charge is 2.28. The third-order valence-corrected chi connectivity index (χ3v) is 4.27. The van der Waals surface area contributed by atoms with E-state index in [1.54, 1.807) is 0 Å². The largest absolute Gasteiger partial charge is 0.393 e. The van der Waals surface area contributed by atoms with Crippen molar-refractivity contribution in [2.24, 2.45) is 11.8 Å². The Bertz CT molecular complexity index is 189. The molecule has 0 aromatic heterocycles. The van der Waals surface area contributed by atoms with Gasteiger partial charge in [-0.15, -0.1) is 0 Å². The topological polar surface area (TPSA) is 32.3 Å². The molecule has 0 bridgehead atoms. The molecule has 2 fully saturated rings.